The molecule has 5 heteroatoms. The summed E-state index contributed by atoms with van der Waals surface area (Å²) in [5.74, 6) is 1.13. The number of nitrogens with zero attached hydrogens (tertiary/aromatic N) is 1. The monoisotopic (exact) mass is 340 g/mol. The summed E-state index contributed by atoms with van der Waals surface area (Å²) >= 11 is 5.06. The minimum absolute atomic E-state index is 0.107. The number of aromatic amines is 1. The molecule has 0 aliphatic rings. The highest BCUT2D eigenvalue weighted by molar-refractivity contribution is 9.10. The van der Waals surface area contributed by atoms with E-state index in [0.29, 0.717) is 16.2 Å². The molecular formula is C14H17BrN2OS. The molecule has 0 unspecified atom stereocenters. The van der Waals surface area contributed by atoms with Crippen LogP contribution in [0.4, 0.5) is 0 Å². The molecule has 0 fully saturated rings. The minimum atomic E-state index is -0.107. The lowest BCUT2D eigenvalue weighted by atomic mass is 10.1. The first kappa shape index (κ1) is 14.5. The number of nitrogens with one attached hydrogen (secondary N) is 1. The summed E-state index contributed by atoms with van der Waals surface area (Å²) in [7, 11) is 0. The van der Waals surface area contributed by atoms with Crippen LogP contribution >= 0.6 is 27.3 Å². The van der Waals surface area contributed by atoms with Crippen molar-refractivity contribution in [3.05, 3.63) is 36.3 Å². The molecule has 0 amide bonds. The van der Waals surface area contributed by atoms with Crippen molar-refractivity contribution in [3.8, 4) is 11.4 Å². The quantitative estimate of drug-likeness (QED) is 0.914. The van der Waals surface area contributed by atoms with Gasteiger partial charge < -0.3 is 4.98 Å². The van der Waals surface area contributed by atoms with Gasteiger partial charge in [0.05, 0.1) is 5.69 Å². The molecule has 2 rings (SSSR count). The normalized spacial score (nSPS) is 11.3. The molecule has 0 saturated carbocycles. The van der Waals surface area contributed by atoms with Gasteiger partial charge in [-0.3, -0.25) is 4.79 Å². The van der Waals surface area contributed by atoms with Crippen LogP contribution < -0.4 is 5.56 Å². The highest BCUT2D eigenvalue weighted by Gasteiger charge is 2.14. The second kappa shape index (κ2) is 5.59. The maximum atomic E-state index is 12.0. The van der Waals surface area contributed by atoms with E-state index in [9.17, 15) is 4.79 Å². The molecule has 0 radical (unpaired) electrons. The third-order valence-corrected chi connectivity index (χ3v) is 4.61. The summed E-state index contributed by atoms with van der Waals surface area (Å²) in [6.45, 7) is 8.36. The van der Waals surface area contributed by atoms with Crippen LogP contribution in [-0.4, -0.2) is 9.97 Å². The SMILES string of the molecule is Cc1cc(-c2nc(CC(C)C)c(Br)c(=O)[nH]2)c(C)s1. The number of aryl methyl sites for hydroxylation is 2. The van der Waals surface area contributed by atoms with Crippen LogP contribution in [-0.2, 0) is 6.42 Å². The van der Waals surface area contributed by atoms with Gasteiger partial charge in [0.25, 0.3) is 5.56 Å². The van der Waals surface area contributed by atoms with Gasteiger partial charge >= 0.3 is 0 Å². The lowest BCUT2D eigenvalue weighted by molar-refractivity contribution is 0.631. The largest absolute Gasteiger partial charge is 0.306 e. The molecule has 0 saturated heterocycles. The minimum Gasteiger partial charge on any atom is -0.306 e. The first-order valence-corrected chi connectivity index (χ1v) is 7.85. The van der Waals surface area contributed by atoms with Crippen molar-refractivity contribution < 1.29 is 0 Å². The molecular weight excluding hydrogens is 324 g/mol. The average molecular weight is 341 g/mol. The van der Waals surface area contributed by atoms with E-state index in [2.05, 4.69) is 59.7 Å². The van der Waals surface area contributed by atoms with Gasteiger partial charge in [0.2, 0.25) is 0 Å². The molecule has 0 aliphatic carbocycles. The summed E-state index contributed by atoms with van der Waals surface area (Å²) in [6.07, 6.45) is 0.791. The van der Waals surface area contributed by atoms with Gasteiger partial charge in [-0.2, -0.15) is 0 Å². The fourth-order valence-corrected chi connectivity index (χ4v) is 3.30. The van der Waals surface area contributed by atoms with Crippen LogP contribution in [0.1, 0.15) is 29.3 Å². The van der Waals surface area contributed by atoms with Crippen molar-refractivity contribution in [2.45, 2.75) is 34.1 Å². The maximum Gasteiger partial charge on any atom is 0.265 e. The highest BCUT2D eigenvalue weighted by Crippen LogP contribution is 2.28. The summed E-state index contributed by atoms with van der Waals surface area (Å²) in [4.78, 5) is 21.9. The van der Waals surface area contributed by atoms with Crippen molar-refractivity contribution >= 4 is 27.3 Å². The predicted octanol–water partition coefficient (Wildman–Crippen LogP) is 4.08. The van der Waals surface area contributed by atoms with Gasteiger partial charge in [-0.05, 0) is 48.2 Å². The van der Waals surface area contributed by atoms with E-state index in [1.807, 2.05) is 0 Å². The van der Waals surface area contributed by atoms with Crippen molar-refractivity contribution in [2.75, 3.05) is 0 Å². The summed E-state index contributed by atoms with van der Waals surface area (Å²) < 4.78 is 0.551. The third-order valence-electron chi connectivity index (χ3n) is 2.83. The molecule has 2 aromatic rings. The highest BCUT2D eigenvalue weighted by atomic mass is 79.9. The van der Waals surface area contributed by atoms with Gasteiger partial charge in [-0.1, -0.05) is 13.8 Å². The first-order chi connectivity index (χ1) is 8.88. The lowest BCUT2D eigenvalue weighted by Crippen LogP contribution is -2.15. The first-order valence-electron chi connectivity index (χ1n) is 6.24. The van der Waals surface area contributed by atoms with E-state index in [-0.39, 0.29) is 5.56 Å². The molecule has 2 aromatic heterocycles. The van der Waals surface area contributed by atoms with E-state index in [4.69, 9.17) is 0 Å². The molecule has 102 valence electrons. The second-order valence-electron chi connectivity index (χ2n) is 5.10. The van der Waals surface area contributed by atoms with Crippen LogP contribution in [0.3, 0.4) is 0 Å². The zero-order valence-electron chi connectivity index (χ0n) is 11.5. The van der Waals surface area contributed by atoms with Gasteiger partial charge in [0, 0.05) is 15.3 Å². The molecule has 0 spiro atoms. The smallest absolute Gasteiger partial charge is 0.265 e. The summed E-state index contributed by atoms with van der Waals surface area (Å²) in [6, 6.07) is 2.07. The Labute approximate surface area is 125 Å². The number of rotatable bonds is 3. The average Bonchev–Trinajstić information content (AvgIpc) is 2.63. The van der Waals surface area contributed by atoms with Crippen molar-refractivity contribution in [2.24, 2.45) is 5.92 Å². The van der Waals surface area contributed by atoms with E-state index >= 15 is 0 Å². The Kier molecular flexibility index (Phi) is 4.26. The zero-order chi connectivity index (χ0) is 14.2. The molecule has 0 aliphatic heterocycles. The van der Waals surface area contributed by atoms with Crippen molar-refractivity contribution in [1.29, 1.82) is 0 Å². The Morgan fingerprint density at radius 2 is 2.11 bits per heavy atom. The molecule has 0 aromatic carbocycles. The van der Waals surface area contributed by atoms with Gasteiger partial charge in [-0.25, -0.2) is 4.98 Å². The van der Waals surface area contributed by atoms with Crippen LogP contribution in [0.25, 0.3) is 11.4 Å². The number of aromatic nitrogens is 2. The van der Waals surface area contributed by atoms with Crippen LogP contribution in [0.2, 0.25) is 0 Å². The van der Waals surface area contributed by atoms with Crippen LogP contribution in [0, 0.1) is 19.8 Å². The van der Waals surface area contributed by atoms with Crippen LogP contribution in [0.15, 0.2) is 15.3 Å². The molecule has 19 heavy (non-hydrogen) atoms. The number of halogens is 1. The van der Waals surface area contributed by atoms with Gasteiger partial charge in [0.15, 0.2) is 0 Å². The maximum absolute atomic E-state index is 12.0. The third kappa shape index (κ3) is 3.15. The van der Waals surface area contributed by atoms with E-state index < -0.39 is 0 Å². The number of thiophene rings is 1. The zero-order valence-corrected chi connectivity index (χ0v) is 13.9. The van der Waals surface area contributed by atoms with E-state index in [1.54, 1.807) is 11.3 Å². The molecule has 2 heterocycles. The fraction of sp³-hybridized carbons (Fsp3) is 0.429. The van der Waals surface area contributed by atoms with E-state index in [1.165, 1.54) is 9.75 Å². The lowest BCUT2D eigenvalue weighted by Gasteiger charge is -2.08. The Bertz CT molecular complexity index is 658. The van der Waals surface area contributed by atoms with E-state index in [0.717, 1.165) is 17.7 Å². The standard InChI is InChI=1S/C14H17BrN2OS/c1-7(2)5-11-12(15)14(18)17-13(16-11)10-6-8(3)19-9(10)4/h6-7H,5H2,1-4H3,(H,16,17,18). The number of hydrogen-bond donors (Lipinski definition) is 1. The van der Waals surface area contributed by atoms with Gasteiger partial charge in [0.1, 0.15) is 10.3 Å². The topological polar surface area (TPSA) is 45.8 Å². The molecule has 0 bridgehead atoms. The summed E-state index contributed by atoms with van der Waals surface area (Å²) in [5, 5.41) is 0. The molecule has 3 nitrogen and oxygen atoms in total. The van der Waals surface area contributed by atoms with Gasteiger partial charge in [-0.15, -0.1) is 11.3 Å². The van der Waals surface area contributed by atoms with Crippen LogP contribution in [0.5, 0.6) is 0 Å². The number of H-pyrrole nitrogens is 1. The Balaban J connectivity index is 2.56. The Morgan fingerprint density at radius 3 is 2.63 bits per heavy atom. The number of hydrogen-bond acceptors (Lipinski definition) is 3. The summed E-state index contributed by atoms with van der Waals surface area (Å²) in [5.41, 5.74) is 1.75. The molecule has 0 atom stereocenters. The second-order valence-corrected chi connectivity index (χ2v) is 7.35. The predicted molar refractivity (Wildman–Crippen MR) is 83.9 cm³/mol. The fourth-order valence-electron chi connectivity index (χ4n) is 2.02. The molecule has 1 N–H and O–H groups in total. The van der Waals surface area contributed by atoms with Crippen molar-refractivity contribution in [1.82, 2.24) is 9.97 Å². The Hall–Kier alpha value is -0.940. The Morgan fingerprint density at radius 1 is 1.42 bits per heavy atom. The van der Waals surface area contributed by atoms with Crippen molar-refractivity contribution in [3.63, 3.8) is 0 Å².